The Morgan fingerprint density at radius 3 is 2.88 bits per heavy atom. The minimum atomic E-state index is 0.805. The van der Waals surface area contributed by atoms with Gasteiger partial charge < -0.3 is 5.32 Å². The van der Waals surface area contributed by atoms with Crippen LogP contribution in [0.2, 0.25) is 0 Å². The van der Waals surface area contributed by atoms with Gasteiger partial charge in [-0.1, -0.05) is 13.0 Å². The van der Waals surface area contributed by atoms with Crippen molar-refractivity contribution in [1.82, 2.24) is 25.1 Å². The van der Waals surface area contributed by atoms with Gasteiger partial charge in [0.1, 0.15) is 12.7 Å². The summed E-state index contributed by atoms with van der Waals surface area (Å²) in [5.74, 6) is 0.805. The lowest BCUT2D eigenvalue weighted by atomic mass is 10.2. The highest BCUT2D eigenvalue weighted by atomic mass is 15.3. The molecule has 90 valence electrons. The molecule has 1 N–H and O–H groups in total. The molecule has 0 atom stereocenters. The van der Waals surface area contributed by atoms with Crippen molar-refractivity contribution in [2.24, 2.45) is 0 Å². The first kappa shape index (κ1) is 11.7. The van der Waals surface area contributed by atoms with Crippen LogP contribution < -0.4 is 5.32 Å². The molecular weight excluding hydrogens is 214 g/mol. The molecule has 0 radical (unpaired) electrons. The number of hydrogen-bond acceptors (Lipinski definition) is 4. The van der Waals surface area contributed by atoms with E-state index in [4.69, 9.17) is 0 Å². The molecular formula is C12H17N5. The Kier molecular flexibility index (Phi) is 3.82. The van der Waals surface area contributed by atoms with E-state index in [9.17, 15) is 0 Å². The Morgan fingerprint density at radius 1 is 1.35 bits per heavy atom. The normalized spacial score (nSPS) is 10.7. The van der Waals surface area contributed by atoms with Crippen LogP contribution in [0.1, 0.15) is 24.6 Å². The van der Waals surface area contributed by atoms with E-state index in [-0.39, 0.29) is 0 Å². The highest BCUT2D eigenvalue weighted by molar-refractivity contribution is 5.29. The van der Waals surface area contributed by atoms with Crippen LogP contribution in [0.25, 0.3) is 5.82 Å². The highest BCUT2D eigenvalue weighted by Crippen LogP contribution is 2.09. The number of nitrogens with zero attached hydrogens (tertiary/aromatic N) is 4. The summed E-state index contributed by atoms with van der Waals surface area (Å²) < 4.78 is 1.66. The molecule has 0 fully saturated rings. The first-order valence-corrected chi connectivity index (χ1v) is 5.83. The van der Waals surface area contributed by atoms with Gasteiger partial charge >= 0.3 is 0 Å². The second kappa shape index (κ2) is 5.54. The van der Waals surface area contributed by atoms with Crippen LogP contribution in [0.3, 0.4) is 0 Å². The van der Waals surface area contributed by atoms with Crippen LogP contribution in [0.15, 0.2) is 24.8 Å². The largest absolute Gasteiger partial charge is 0.313 e. The Balaban J connectivity index is 2.12. The highest BCUT2D eigenvalue weighted by Gasteiger charge is 2.03. The summed E-state index contributed by atoms with van der Waals surface area (Å²) in [6.45, 7) is 6.07. The zero-order valence-corrected chi connectivity index (χ0v) is 10.2. The van der Waals surface area contributed by atoms with Crippen molar-refractivity contribution in [2.45, 2.75) is 26.8 Å². The van der Waals surface area contributed by atoms with Crippen molar-refractivity contribution in [3.8, 4) is 5.82 Å². The molecule has 0 saturated heterocycles. The lowest BCUT2D eigenvalue weighted by molar-refractivity contribution is 0.670. The van der Waals surface area contributed by atoms with Gasteiger partial charge in [-0.2, -0.15) is 5.10 Å². The first-order valence-electron chi connectivity index (χ1n) is 5.83. The second-order valence-corrected chi connectivity index (χ2v) is 3.93. The Labute approximate surface area is 101 Å². The smallest absolute Gasteiger partial charge is 0.155 e. The molecule has 0 aromatic carbocycles. The number of hydrogen-bond donors (Lipinski definition) is 1. The van der Waals surface area contributed by atoms with Gasteiger partial charge in [-0.05, 0) is 31.5 Å². The average Bonchev–Trinajstić information content (AvgIpc) is 2.85. The van der Waals surface area contributed by atoms with E-state index in [1.54, 1.807) is 11.0 Å². The van der Waals surface area contributed by atoms with Crippen LogP contribution >= 0.6 is 0 Å². The third-order valence-corrected chi connectivity index (χ3v) is 2.58. The van der Waals surface area contributed by atoms with Crippen molar-refractivity contribution in [1.29, 1.82) is 0 Å². The van der Waals surface area contributed by atoms with Crippen molar-refractivity contribution >= 4 is 0 Å². The molecule has 0 aliphatic rings. The molecule has 17 heavy (non-hydrogen) atoms. The summed E-state index contributed by atoms with van der Waals surface area (Å²) in [5, 5.41) is 7.43. The number of nitrogens with one attached hydrogen (secondary N) is 1. The number of aromatic nitrogens is 4. The van der Waals surface area contributed by atoms with E-state index in [2.05, 4.69) is 33.4 Å². The molecule has 2 heterocycles. The maximum Gasteiger partial charge on any atom is 0.155 e. The molecule has 2 rings (SSSR count). The zero-order valence-electron chi connectivity index (χ0n) is 10.2. The predicted molar refractivity (Wildman–Crippen MR) is 65.9 cm³/mol. The van der Waals surface area contributed by atoms with Crippen LogP contribution in [0.5, 0.6) is 0 Å². The van der Waals surface area contributed by atoms with Crippen LogP contribution in [0.4, 0.5) is 0 Å². The second-order valence-electron chi connectivity index (χ2n) is 3.93. The van der Waals surface area contributed by atoms with Gasteiger partial charge in [0.25, 0.3) is 0 Å². The number of pyridine rings is 1. The third kappa shape index (κ3) is 2.88. The van der Waals surface area contributed by atoms with Gasteiger partial charge in [0.15, 0.2) is 5.82 Å². The monoisotopic (exact) mass is 231 g/mol. The predicted octanol–water partition coefficient (Wildman–Crippen LogP) is 1.47. The molecule has 2 aromatic rings. The fraction of sp³-hybridized carbons (Fsp3) is 0.417. The number of aryl methyl sites for hydroxylation is 1. The van der Waals surface area contributed by atoms with Gasteiger partial charge in [-0.15, -0.1) is 0 Å². The number of rotatable bonds is 5. The Bertz CT molecular complexity index is 464. The quantitative estimate of drug-likeness (QED) is 0.792. The van der Waals surface area contributed by atoms with Crippen LogP contribution in [0, 0.1) is 6.92 Å². The van der Waals surface area contributed by atoms with E-state index in [0.717, 1.165) is 31.0 Å². The van der Waals surface area contributed by atoms with Gasteiger partial charge in [0.05, 0.1) is 0 Å². The minimum Gasteiger partial charge on any atom is -0.313 e. The molecule has 0 saturated carbocycles. The summed E-state index contributed by atoms with van der Waals surface area (Å²) in [6.07, 6.45) is 4.30. The lowest BCUT2D eigenvalue weighted by Crippen LogP contribution is -2.15. The first-order chi connectivity index (χ1) is 8.31. The van der Waals surface area contributed by atoms with E-state index in [0.29, 0.717) is 0 Å². The molecule has 5 heteroatoms. The Hall–Kier alpha value is -1.75. The maximum atomic E-state index is 4.51. The maximum absolute atomic E-state index is 4.51. The average molecular weight is 231 g/mol. The molecule has 0 unspecified atom stereocenters. The van der Waals surface area contributed by atoms with Crippen LogP contribution in [-0.2, 0) is 6.54 Å². The molecule has 0 bridgehead atoms. The van der Waals surface area contributed by atoms with Gasteiger partial charge in [0.2, 0.25) is 0 Å². The van der Waals surface area contributed by atoms with Crippen molar-refractivity contribution in [3.05, 3.63) is 36.0 Å². The summed E-state index contributed by atoms with van der Waals surface area (Å²) in [6, 6.07) is 4.05. The summed E-state index contributed by atoms with van der Waals surface area (Å²) >= 11 is 0. The van der Waals surface area contributed by atoms with Gasteiger partial charge in [-0.3, -0.25) is 0 Å². The van der Waals surface area contributed by atoms with Crippen LogP contribution in [-0.4, -0.2) is 26.3 Å². The van der Waals surface area contributed by atoms with Gasteiger partial charge in [0, 0.05) is 12.2 Å². The van der Waals surface area contributed by atoms with Gasteiger partial charge in [-0.25, -0.2) is 14.6 Å². The van der Waals surface area contributed by atoms with E-state index in [1.165, 1.54) is 11.9 Å². The topological polar surface area (TPSA) is 55.6 Å². The SMILES string of the molecule is CCCNCc1ccc(-n2cncn2)nc1C. The molecule has 5 nitrogen and oxygen atoms in total. The van der Waals surface area contributed by atoms with E-state index >= 15 is 0 Å². The van der Waals surface area contributed by atoms with Crippen molar-refractivity contribution < 1.29 is 0 Å². The van der Waals surface area contributed by atoms with Crippen molar-refractivity contribution in [2.75, 3.05) is 6.54 Å². The Morgan fingerprint density at radius 2 is 2.24 bits per heavy atom. The standard InChI is InChI=1S/C12H17N5/c1-3-6-13-7-11-4-5-12(16-10(11)2)17-9-14-8-15-17/h4-5,8-9,13H,3,6-7H2,1-2H3. The fourth-order valence-corrected chi connectivity index (χ4v) is 1.62. The zero-order chi connectivity index (χ0) is 12.1. The fourth-order valence-electron chi connectivity index (χ4n) is 1.62. The summed E-state index contributed by atoms with van der Waals surface area (Å²) in [7, 11) is 0. The molecule has 0 aliphatic heterocycles. The molecule has 0 aliphatic carbocycles. The lowest BCUT2D eigenvalue weighted by Gasteiger charge is -2.08. The summed E-state index contributed by atoms with van der Waals surface area (Å²) in [5.41, 5.74) is 2.25. The van der Waals surface area contributed by atoms with E-state index < -0.39 is 0 Å². The molecule has 2 aromatic heterocycles. The molecule has 0 spiro atoms. The van der Waals surface area contributed by atoms with E-state index in [1.807, 2.05) is 13.0 Å². The van der Waals surface area contributed by atoms with Crippen molar-refractivity contribution in [3.63, 3.8) is 0 Å². The third-order valence-electron chi connectivity index (χ3n) is 2.58. The summed E-state index contributed by atoms with van der Waals surface area (Å²) in [4.78, 5) is 8.43. The minimum absolute atomic E-state index is 0.805. The molecule has 0 amide bonds.